The standard InChI is InChI=1S/C40H45BN2O6/c1-48-26-31-23-33-38(40(46)43(39(33)45)32-18-20-42(21-19-32)25-27-10-4-2-5-11-27)34-24-41(47)49-36(37(31)34)17-16-29(28-12-6-3-7-13-28)22-30-14-8-9-15-35(30)44/h2-15,22,32-34,36,38,44,47H,16-21,23-26H2,1H3/b29-22-/t33-,34+,36-,38-/m1/s1. The number of amides is 2. The summed E-state index contributed by atoms with van der Waals surface area (Å²) >= 11 is 0. The van der Waals surface area contributed by atoms with Gasteiger partial charge < -0.3 is 19.5 Å². The number of para-hydroxylation sites is 1. The van der Waals surface area contributed by atoms with E-state index in [0.29, 0.717) is 25.9 Å². The number of imide groups is 1. The maximum atomic E-state index is 14.3. The number of likely N-dealkylation sites (tertiary alicyclic amines) is 2. The Bertz CT molecular complexity index is 1700. The van der Waals surface area contributed by atoms with Gasteiger partial charge in [0, 0.05) is 38.3 Å². The smallest absolute Gasteiger partial charge is 0.455 e. The second kappa shape index (κ2) is 14.8. The van der Waals surface area contributed by atoms with Crippen molar-refractivity contribution in [1.82, 2.24) is 9.80 Å². The molecule has 0 unspecified atom stereocenters. The van der Waals surface area contributed by atoms with Crippen molar-refractivity contribution in [2.75, 3.05) is 26.8 Å². The third kappa shape index (κ3) is 7.03. The summed E-state index contributed by atoms with van der Waals surface area (Å²) in [5.74, 6) is -1.19. The average molecular weight is 661 g/mol. The molecule has 0 saturated carbocycles. The van der Waals surface area contributed by atoms with E-state index in [0.717, 1.165) is 60.3 Å². The molecule has 0 aromatic heterocycles. The molecule has 3 aromatic carbocycles. The SMILES string of the molecule is COCC1=C2[C@@H](CC/C(=C/c3ccccc3O)c3ccccc3)OB(O)C[C@@H]2[C@@H]2C(=O)N(C3CCN(Cc4ccccc4)CC3)C(=O)[C@@H]2C1. The Morgan fingerprint density at radius 2 is 1.63 bits per heavy atom. The number of methoxy groups -OCH3 is 1. The lowest BCUT2D eigenvalue weighted by Gasteiger charge is -2.43. The zero-order valence-electron chi connectivity index (χ0n) is 28.1. The van der Waals surface area contributed by atoms with Crippen LogP contribution in [-0.2, 0) is 25.5 Å². The molecule has 4 aliphatic rings. The van der Waals surface area contributed by atoms with Gasteiger partial charge in [-0.3, -0.25) is 19.4 Å². The van der Waals surface area contributed by atoms with E-state index in [4.69, 9.17) is 9.39 Å². The number of piperidine rings is 1. The van der Waals surface area contributed by atoms with E-state index >= 15 is 0 Å². The van der Waals surface area contributed by atoms with Crippen LogP contribution in [0.4, 0.5) is 0 Å². The lowest BCUT2D eigenvalue weighted by atomic mass is 9.58. The quantitative estimate of drug-likeness (QED) is 0.122. The van der Waals surface area contributed by atoms with Crippen LogP contribution < -0.4 is 0 Å². The Labute approximate surface area is 289 Å². The van der Waals surface area contributed by atoms with Gasteiger partial charge in [0.05, 0.1) is 24.5 Å². The van der Waals surface area contributed by atoms with Crippen molar-refractivity contribution in [2.24, 2.45) is 17.8 Å². The molecule has 3 fully saturated rings. The van der Waals surface area contributed by atoms with Crippen molar-refractivity contribution in [3.05, 3.63) is 113 Å². The first-order chi connectivity index (χ1) is 23.9. The van der Waals surface area contributed by atoms with Crippen molar-refractivity contribution < 1.29 is 29.1 Å². The van der Waals surface area contributed by atoms with Gasteiger partial charge in [0.25, 0.3) is 0 Å². The van der Waals surface area contributed by atoms with E-state index in [-0.39, 0.29) is 35.8 Å². The fourth-order valence-electron chi connectivity index (χ4n) is 8.67. The monoisotopic (exact) mass is 660 g/mol. The first kappa shape index (κ1) is 33.5. The second-order valence-corrected chi connectivity index (χ2v) is 13.9. The molecule has 3 aliphatic heterocycles. The van der Waals surface area contributed by atoms with Gasteiger partial charge in [0.15, 0.2) is 0 Å². The number of allylic oxidation sites excluding steroid dienone is 1. The molecule has 0 radical (unpaired) electrons. The molecule has 8 nitrogen and oxygen atoms in total. The van der Waals surface area contributed by atoms with Crippen LogP contribution in [0.25, 0.3) is 11.6 Å². The zero-order chi connectivity index (χ0) is 33.9. The maximum Gasteiger partial charge on any atom is 0.455 e. The molecule has 0 spiro atoms. The third-order valence-corrected chi connectivity index (χ3v) is 10.9. The van der Waals surface area contributed by atoms with Crippen LogP contribution in [0.3, 0.4) is 0 Å². The van der Waals surface area contributed by atoms with Gasteiger partial charge >= 0.3 is 7.12 Å². The van der Waals surface area contributed by atoms with Gasteiger partial charge in [-0.05, 0) is 84.3 Å². The predicted molar refractivity (Wildman–Crippen MR) is 190 cm³/mol. The van der Waals surface area contributed by atoms with Crippen LogP contribution in [0.1, 0.15) is 48.8 Å². The largest absolute Gasteiger partial charge is 0.507 e. The number of rotatable bonds is 10. The number of fused-ring (bicyclic) bond motifs is 3. The van der Waals surface area contributed by atoms with Crippen molar-refractivity contribution in [3.8, 4) is 5.75 Å². The average Bonchev–Trinajstić information content (AvgIpc) is 3.37. The first-order valence-electron chi connectivity index (χ1n) is 17.6. The molecule has 2 amide bonds. The minimum atomic E-state index is -1.04. The molecular formula is C40H45BN2O6. The van der Waals surface area contributed by atoms with E-state index < -0.39 is 25.1 Å². The van der Waals surface area contributed by atoms with Crippen molar-refractivity contribution in [1.29, 1.82) is 0 Å². The van der Waals surface area contributed by atoms with Gasteiger partial charge in [-0.1, -0.05) is 78.9 Å². The number of benzene rings is 3. The van der Waals surface area contributed by atoms with Crippen molar-refractivity contribution in [3.63, 3.8) is 0 Å². The summed E-state index contributed by atoms with van der Waals surface area (Å²) in [6.45, 7) is 2.88. The van der Waals surface area contributed by atoms with Crippen molar-refractivity contribution in [2.45, 2.75) is 57.1 Å². The third-order valence-electron chi connectivity index (χ3n) is 10.9. The Morgan fingerprint density at radius 1 is 0.939 bits per heavy atom. The van der Waals surface area contributed by atoms with Crippen LogP contribution in [0.5, 0.6) is 5.75 Å². The highest BCUT2D eigenvalue weighted by molar-refractivity contribution is 6.43. The normalized spacial score (nSPS) is 25.1. The molecule has 3 saturated heterocycles. The molecular weight excluding hydrogens is 615 g/mol. The first-order valence-corrected chi connectivity index (χ1v) is 17.6. The number of hydrogen-bond acceptors (Lipinski definition) is 7. The van der Waals surface area contributed by atoms with Gasteiger partial charge in [0.1, 0.15) is 5.75 Å². The maximum absolute atomic E-state index is 14.3. The van der Waals surface area contributed by atoms with Gasteiger partial charge in [-0.2, -0.15) is 0 Å². The van der Waals surface area contributed by atoms with Crippen LogP contribution in [0.2, 0.25) is 6.32 Å². The summed E-state index contributed by atoms with van der Waals surface area (Å²) < 4.78 is 11.9. The molecule has 3 heterocycles. The number of carbonyl (C=O) groups excluding carboxylic acids is 2. The number of aromatic hydroxyl groups is 1. The van der Waals surface area contributed by atoms with E-state index in [1.165, 1.54) is 5.56 Å². The fourth-order valence-corrected chi connectivity index (χ4v) is 8.67. The summed E-state index contributed by atoms with van der Waals surface area (Å²) in [5, 5.41) is 21.6. The van der Waals surface area contributed by atoms with E-state index in [1.54, 1.807) is 24.1 Å². The highest BCUT2D eigenvalue weighted by atomic mass is 16.5. The summed E-state index contributed by atoms with van der Waals surface area (Å²) in [4.78, 5) is 32.4. The molecule has 254 valence electrons. The van der Waals surface area contributed by atoms with E-state index in [1.807, 2.05) is 42.5 Å². The summed E-state index contributed by atoms with van der Waals surface area (Å²) in [7, 11) is 0.615. The molecule has 4 atom stereocenters. The van der Waals surface area contributed by atoms with Gasteiger partial charge in [-0.25, -0.2) is 0 Å². The van der Waals surface area contributed by atoms with Crippen LogP contribution in [-0.4, -0.2) is 77.8 Å². The Kier molecular flexibility index (Phi) is 10.1. The Morgan fingerprint density at radius 3 is 2.35 bits per heavy atom. The molecule has 9 heteroatoms. The molecule has 2 N–H and O–H groups in total. The summed E-state index contributed by atoms with van der Waals surface area (Å²) in [6, 6.07) is 27.6. The van der Waals surface area contributed by atoms with Gasteiger partial charge in [-0.15, -0.1) is 0 Å². The highest BCUT2D eigenvalue weighted by Gasteiger charge is 2.58. The Hall–Kier alpha value is -4.02. The van der Waals surface area contributed by atoms with Gasteiger partial charge in [0.2, 0.25) is 11.8 Å². The number of phenolic OH excluding ortho intramolecular Hbond substituents is 1. The number of nitrogens with zero attached hydrogens (tertiary/aromatic N) is 2. The lowest BCUT2D eigenvalue weighted by molar-refractivity contribution is -0.144. The topological polar surface area (TPSA) is 99.5 Å². The van der Waals surface area contributed by atoms with Crippen LogP contribution in [0.15, 0.2) is 96.1 Å². The second-order valence-electron chi connectivity index (χ2n) is 13.9. The minimum Gasteiger partial charge on any atom is -0.507 e. The van der Waals surface area contributed by atoms with E-state index in [9.17, 15) is 19.7 Å². The Balaban J connectivity index is 1.11. The number of phenols is 1. The van der Waals surface area contributed by atoms with Crippen molar-refractivity contribution >= 4 is 30.6 Å². The zero-order valence-corrected chi connectivity index (χ0v) is 28.1. The fraction of sp³-hybridized carbons (Fsp3) is 0.400. The number of ether oxygens (including phenoxy) is 1. The molecule has 0 bridgehead atoms. The van der Waals surface area contributed by atoms with E-state index in [2.05, 4.69) is 41.3 Å². The molecule has 49 heavy (non-hydrogen) atoms. The van der Waals surface area contributed by atoms with Crippen LogP contribution >= 0.6 is 0 Å². The minimum absolute atomic E-state index is 0.0707. The summed E-state index contributed by atoms with van der Waals surface area (Å²) in [5.41, 5.74) is 6.09. The lowest BCUT2D eigenvalue weighted by Crippen LogP contribution is -2.48. The summed E-state index contributed by atoms with van der Waals surface area (Å²) in [6.07, 6.45) is 5.02. The number of carbonyl (C=O) groups is 2. The molecule has 1 aliphatic carbocycles. The molecule has 7 rings (SSSR count). The molecule has 3 aromatic rings. The number of hydrogen-bond donors (Lipinski definition) is 2. The predicted octanol–water partition coefficient (Wildman–Crippen LogP) is 5.82. The van der Waals surface area contributed by atoms with Crippen LogP contribution in [0, 0.1) is 17.8 Å². The highest BCUT2D eigenvalue weighted by Crippen LogP contribution is 2.51.